The highest BCUT2D eigenvalue weighted by Gasteiger charge is 2.09. The molecule has 0 saturated carbocycles. The molecule has 0 aliphatic carbocycles. The van der Waals surface area contributed by atoms with Crippen LogP contribution in [-0.2, 0) is 11.4 Å². The fourth-order valence-electron chi connectivity index (χ4n) is 2.13. The van der Waals surface area contributed by atoms with Crippen molar-refractivity contribution < 1.29 is 19.4 Å². The lowest BCUT2D eigenvalue weighted by atomic mass is 10.1. The second-order valence-electron chi connectivity index (χ2n) is 5.10. The number of ether oxygens (including phenoxy) is 2. The third-order valence-electron chi connectivity index (χ3n) is 3.49. The van der Waals surface area contributed by atoms with Crippen molar-refractivity contribution in [2.24, 2.45) is 0 Å². The predicted octanol–water partition coefficient (Wildman–Crippen LogP) is 3.57. The van der Waals surface area contributed by atoms with Gasteiger partial charge in [0.1, 0.15) is 18.2 Å². The smallest absolute Gasteiger partial charge is 0.346 e. The zero-order valence-electron chi connectivity index (χ0n) is 13.4. The van der Waals surface area contributed by atoms with Gasteiger partial charge in [-0.1, -0.05) is 30.3 Å². The summed E-state index contributed by atoms with van der Waals surface area (Å²) in [7, 11) is 1.53. The first-order chi connectivity index (χ1) is 11.5. The normalized spacial score (nSPS) is 10.8. The predicted molar refractivity (Wildman–Crippen MR) is 89.7 cm³/mol. The van der Waals surface area contributed by atoms with E-state index in [4.69, 9.17) is 19.8 Å². The highest BCUT2D eigenvalue weighted by molar-refractivity contribution is 5.96. The number of aryl methyl sites for hydroxylation is 1. The SMILES string of the molecule is COc1ccc(C=C(C#N)C(=O)O)cc1OCc1ccccc1C. The molecule has 0 bridgehead atoms. The van der Waals surface area contributed by atoms with E-state index in [-0.39, 0.29) is 5.57 Å². The van der Waals surface area contributed by atoms with Gasteiger partial charge in [0, 0.05) is 0 Å². The van der Waals surface area contributed by atoms with Gasteiger partial charge in [0.25, 0.3) is 0 Å². The third kappa shape index (κ3) is 4.14. The van der Waals surface area contributed by atoms with Gasteiger partial charge >= 0.3 is 5.97 Å². The number of benzene rings is 2. The van der Waals surface area contributed by atoms with Crippen molar-refractivity contribution >= 4 is 12.0 Å². The molecule has 0 heterocycles. The monoisotopic (exact) mass is 323 g/mol. The number of nitrogens with zero attached hydrogens (tertiary/aromatic N) is 1. The standard InChI is InChI=1S/C19H17NO4/c1-13-5-3-4-6-15(13)12-24-18-10-14(7-8-17(18)23-2)9-16(11-20)19(21)22/h3-10H,12H2,1-2H3,(H,21,22). The van der Waals surface area contributed by atoms with E-state index in [0.29, 0.717) is 23.7 Å². The van der Waals surface area contributed by atoms with Crippen LogP contribution in [0.15, 0.2) is 48.0 Å². The fourth-order valence-corrected chi connectivity index (χ4v) is 2.13. The molecule has 5 nitrogen and oxygen atoms in total. The van der Waals surface area contributed by atoms with Gasteiger partial charge in [0.05, 0.1) is 7.11 Å². The highest BCUT2D eigenvalue weighted by Crippen LogP contribution is 2.30. The summed E-state index contributed by atoms with van der Waals surface area (Å²) >= 11 is 0. The van der Waals surface area contributed by atoms with Crippen molar-refractivity contribution in [2.75, 3.05) is 7.11 Å². The third-order valence-corrected chi connectivity index (χ3v) is 3.49. The molecule has 0 aliphatic rings. The highest BCUT2D eigenvalue weighted by atomic mass is 16.5. The van der Waals surface area contributed by atoms with Crippen molar-refractivity contribution in [3.63, 3.8) is 0 Å². The Morgan fingerprint density at radius 3 is 2.62 bits per heavy atom. The van der Waals surface area contributed by atoms with Crippen LogP contribution in [0.1, 0.15) is 16.7 Å². The number of carboxylic acid groups (broad SMARTS) is 1. The number of methoxy groups -OCH3 is 1. The Labute approximate surface area is 140 Å². The number of hydrogen-bond acceptors (Lipinski definition) is 4. The number of hydrogen-bond donors (Lipinski definition) is 1. The molecule has 0 saturated heterocycles. The van der Waals surface area contributed by atoms with Crippen LogP contribution in [0.5, 0.6) is 11.5 Å². The summed E-state index contributed by atoms with van der Waals surface area (Å²) in [6.45, 7) is 2.36. The van der Waals surface area contributed by atoms with Crippen LogP contribution in [-0.4, -0.2) is 18.2 Å². The van der Waals surface area contributed by atoms with Gasteiger partial charge in [0.2, 0.25) is 0 Å². The lowest BCUT2D eigenvalue weighted by Gasteiger charge is -2.12. The van der Waals surface area contributed by atoms with Gasteiger partial charge in [0.15, 0.2) is 11.5 Å². The second-order valence-corrected chi connectivity index (χ2v) is 5.10. The van der Waals surface area contributed by atoms with Gasteiger partial charge in [-0.15, -0.1) is 0 Å². The van der Waals surface area contributed by atoms with Crippen molar-refractivity contribution in [1.82, 2.24) is 0 Å². The van der Waals surface area contributed by atoms with Gasteiger partial charge < -0.3 is 14.6 Å². The number of carboxylic acids is 1. The fraction of sp³-hybridized carbons (Fsp3) is 0.158. The molecule has 0 aliphatic heterocycles. The number of rotatable bonds is 6. The van der Waals surface area contributed by atoms with Crippen molar-refractivity contribution in [2.45, 2.75) is 13.5 Å². The Morgan fingerprint density at radius 1 is 1.25 bits per heavy atom. The van der Waals surface area contributed by atoms with E-state index in [2.05, 4.69) is 0 Å². The Kier molecular flexibility index (Phi) is 5.58. The zero-order valence-corrected chi connectivity index (χ0v) is 13.4. The van der Waals surface area contributed by atoms with Gasteiger partial charge in [-0.05, 0) is 41.8 Å². The summed E-state index contributed by atoms with van der Waals surface area (Å²) in [6.07, 6.45) is 1.29. The quantitative estimate of drug-likeness (QED) is 0.649. The molecule has 0 amide bonds. The molecule has 24 heavy (non-hydrogen) atoms. The molecule has 0 radical (unpaired) electrons. The summed E-state index contributed by atoms with van der Waals surface area (Å²) in [4.78, 5) is 10.9. The van der Waals surface area contributed by atoms with E-state index in [1.807, 2.05) is 31.2 Å². The number of carbonyl (C=O) groups is 1. The lowest BCUT2D eigenvalue weighted by Crippen LogP contribution is -2.00. The molecular formula is C19H17NO4. The van der Waals surface area contributed by atoms with Crippen LogP contribution < -0.4 is 9.47 Å². The minimum Gasteiger partial charge on any atom is -0.493 e. The molecule has 0 aromatic heterocycles. The van der Waals surface area contributed by atoms with Gasteiger partial charge in [-0.3, -0.25) is 0 Å². The van der Waals surface area contributed by atoms with E-state index in [9.17, 15) is 4.79 Å². The molecule has 0 atom stereocenters. The first kappa shape index (κ1) is 17.1. The second kappa shape index (κ2) is 7.84. The largest absolute Gasteiger partial charge is 0.493 e. The van der Waals surface area contributed by atoms with E-state index in [0.717, 1.165) is 11.1 Å². The number of aliphatic carboxylic acids is 1. The Bertz CT molecular complexity index is 818. The van der Waals surface area contributed by atoms with Gasteiger partial charge in [-0.25, -0.2) is 4.79 Å². The molecule has 2 rings (SSSR count). The van der Waals surface area contributed by atoms with E-state index in [1.54, 1.807) is 24.3 Å². The molecule has 1 N–H and O–H groups in total. The van der Waals surface area contributed by atoms with Crippen LogP contribution in [0.4, 0.5) is 0 Å². The van der Waals surface area contributed by atoms with Gasteiger partial charge in [-0.2, -0.15) is 5.26 Å². The van der Waals surface area contributed by atoms with Crippen LogP contribution in [0.3, 0.4) is 0 Å². The molecule has 2 aromatic carbocycles. The molecule has 122 valence electrons. The Balaban J connectivity index is 2.28. The van der Waals surface area contributed by atoms with Crippen LogP contribution in [0.25, 0.3) is 6.08 Å². The molecule has 0 unspecified atom stereocenters. The maximum absolute atomic E-state index is 10.9. The van der Waals surface area contributed by atoms with Crippen molar-refractivity contribution in [3.8, 4) is 17.6 Å². The maximum atomic E-state index is 10.9. The van der Waals surface area contributed by atoms with Crippen molar-refractivity contribution in [1.29, 1.82) is 5.26 Å². The molecule has 0 spiro atoms. The minimum atomic E-state index is -1.27. The lowest BCUT2D eigenvalue weighted by molar-refractivity contribution is -0.132. The van der Waals surface area contributed by atoms with Crippen LogP contribution in [0.2, 0.25) is 0 Å². The Morgan fingerprint density at radius 2 is 2.00 bits per heavy atom. The average Bonchev–Trinajstić information content (AvgIpc) is 2.58. The van der Waals surface area contributed by atoms with E-state index in [1.165, 1.54) is 13.2 Å². The summed E-state index contributed by atoms with van der Waals surface area (Å²) in [5.41, 5.74) is 2.37. The maximum Gasteiger partial charge on any atom is 0.346 e. The van der Waals surface area contributed by atoms with Crippen LogP contribution >= 0.6 is 0 Å². The molecule has 0 fully saturated rings. The Hall–Kier alpha value is -3.26. The molecule has 2 aromatic rings. The van der Waals surface area contributed by atoms with E-state index < -0.39 is 5.97 Å². The topological polar surface area (TPSA) is 79.5 Å². The average molecular weight is 323 g/mol. The minimum absolute atomic E-state index is 0.343. The van der Waals surface area contributed by atoms with Crippen LogP contribution in [0, 0.1) is 18.3 Å². The number of nitriles is 1. The van der Waals surface area contributed by atoms with Crippen molar-refractivity contribution in [3.05, 3.63) is 64.7 Å². The first-order valence-electron chi connectivity index (χ1n) is 7.25. The zero-order chi connectivity index (χ0) is 17.5. The summed E-state index contributed by atoms with van der Waals surface area (Å²) < 4.78 is 11.1. The molecule has 5 heteroatoms. The summed E-state index contributed by atoms with van der Waals surface area (Å²) in [5.74, 6) is -0.248. The summed E-state index contributed by atoms with van der Waals surface area (Å²) in [5, 5.41) is 17.8. The first-order valence-corrected chi connectivity index (χ1v) is 7.25. The molecular weight excluding hydrogens is 306 g/mol. The summed E-state index contributed by atoms with van der Waals surface area (Å²) in [6, 6.07) is 14.5. The van der Waals surface area contributed by atoms with E-state index >= 15 is 0 Å².